The van der Waals surface area contributed by atoms with Crippen molar-refractivity contribution in [1.82, 2.24) is 15.1 Å². The van der Waals surface area contributed by atoms with Gasteiger partial charge in [-0.15, -0.1) is 11.8 Å². The molecule has 27 heavy (non-hydrogen) atoms. The lowest BCUT2D eigenvalue weighted by atomic mass is 10.0. The van der Waals surface area contributed by atoms with Gasteiger partial charge in [-0.2, -0.15) is 0 Å². The van der Waals surface area contributed by atoms with E-state index in [1.54, 1.807) is 12.1 Å². The Morgan fingerprint density at radius 1 is 1.52 bits per heavy atom. The van der Waals surface area contributed by atoms with Crippen molar-refractivity contribution in [2.24, 2.45) is 0 Å². The van der Waals surface area contributed by atoms with Crippen LogP contribution < -0.4 is 5.32 Å². The highest BCUT2D eigenvalue weighted by atomic mass is 35.5. The highest BCUT2D eigenvalue weighted by Gasteiger charge is 2.30. The number of halogens is 2. The van der Waals surface area contributed by atoms with Crippen LogP contribution in [-0.4, -0.2) is 72.1 Å². The molecule has 0 spiro atoms. The zero-order valence-corrected chi connectivity index (χ0v) is 16.7. The zero-order chi connectivity index (χ0) is 19.4. The van der Waals surface area contributed by atoms with Gasteiger partial charge in [-0.25, -0.2) is 4.39 Å². The second kappa shape index (κ2) is 9.23. The Labute approximate surface area is 167 Å². The number of nitrogens with one attached hydrogen (secondary N) is 1. The summed E-state index contributed by atoms with van der Waals surface area (Å²) in [6, 6.07) is 4.19. The molecule has 0 aliphatic carbocycles. The van der Waals surface area contributed by atoms with Crippen molar-refractivity contribution >= 4 is 35.2 Å². The number of carbonyl (C=O) groups excluding carboxylic acids is 2. The summed E-state index contributed by atoms with van der Waals surface area (Å²) >= 11 is 7.77. The molecule has 0 saturated carbocycles. The average Bonchev–Trinajstić information content (AvgIpc) is 3.02. The molecule has 9 heteroatoms. The van der Waals surface area contributed by atoms with Gasteiger partial charge >= 0.3 is 0 Å². The third-order valence-electron chi connectivity index (χ3n) is 4.70. The Kier molecular flexibility index (Phi) is 6.97. The third kappa shape index (κ3) is 5.13. The summed E-state index contributed by atoms with van der Waals surface area (Å²) in [5, 5.41) is 3.18. The van der Waals surface area contributed by atoms with Crippen LogP contribution in [0.2, 0.25) is 5.02 Å². The monoisotopic (exact) mass is 415 g/mol. The van der Waals surface area contributed by atoms with E-state index in [4.69, 9.17) is 16.3 Å². The molecule has 2 fully saturated rings. The second-order valence-electron chi connectivity index (χ2n) is 6.70. The molecular weight excluding hydrogens is 393 g/mol. The van der Waals surface area contributed by atoms with Crippen molar-refractivity contribution in [3.63, 3.8) is 0 Å². The van der Waals surface area contributed by atoms with Gasteiger partial charge in [0, 0.05) is 30.2 Å². The molecule has 2 atom stereocenters. The predicted molar refractivity (Wildman–Crippen MR) is 103 cm³/mol. The Balaban J connectivity index is 1.72. The second-order valence-corrected chi connectivity index (χ2v) is 8.06. The molecule has 6 nitrogen and oxygen atoms in total. The van der Waals surface area contributed by atoms with Crippen LogP contribution in [0.4, 0.5) is 4.39 Å². The van der Waals surface area contributed by atoms with E-state index in [1.165, 1.54) is 22.7 Å². The number of carbonyl (C=O) groups is 2. The van der Waals surface area contributed by atoms with Crippen molar-refractivity contribution in [3.05, 3.63) is 34.6 Å². The van der Waals surface area contributed by atoms with E-state index in [1.807, 2.05) is 6.92 Å². The van der Waals surface area contributed by atoms with Gasteiger partial charge in [0.25, 0.3) is 0 Å². The lowest BCUT2D eigenvalue weighted by Crippen LogP contribution is -2.48. The molecule has 2 saturated heterocycles. The van der Waals surface area contributed by atoms with Gasteiger partial charge in [0.15, 0.2) is 0 Å². The van der Waals surface area contributed by atoms with Crippen LogP contribution in [0, 0.1) is 5.82 Å². The lowest BCUT2D eigenvalue weighted by molar-refractivity contribution is -0.132. The molecule has 2 heterocycles. The van der Waals surface area contributed by atoms with Gasteiger partial charge < -0.3 is 15.0 Å². The SMILES string of the molecule is CC1CN(C(CNC(=O)CN2CSCC2=O)c2c(F)cccc2Cl)CCO1. The van der Waals surface area contributed by atoms with E-state index in [0.29, 0.717) is 41.9 Å². The normalized spacial score (nSPS) is 22.1. The average molecular weight is 416 g/mol. The van der Waals surface area contributed by atoms with Crippen LogP contribution in [0.3, 0.4) is 0 Å². The first-order chi connectivity index (χ1) is 13.0. The fraction of sp³-hybridized carbons (Fsp3) is 0.556. The molecular formula is C18H23ClFN3O3S. The maximum absolute atomic E-state index is 14.5. The van der Waals surface area contributed by atoms with E-state index in [-0.39, 0.29) is 31.0 Å². The Bertz CT molecular complexity index is 688. The first-order valence-electron chi connectivity index (χ1n) is 8.87. The highest BCUT2D eigenvalue weighted by Crippen LogP contribution is 2.31. The van der Waals surface area contributed by atoms with Gasteiger partial charge in [0.05, 0.1) is 30.4 Å². The van der Waals surface area contributed by atoms with Crippen LogP contribution in [0.15, 0.2) is 18.2 Å². The smallest absolute Gasteiger partial charge is 0.239 e. The number of thioether (sulfide) groups is 1. The quantitative estimate of drug-likeness (QED) is 0.768. The van der Waals surface area contributed by atoms with Crippen molar-refractivity contribution in [3.8, 4) is 0 Å². The minimum Gasteiger partial charge on any atom is -0.376 e. The number of hydrogen-bond donors (Lipinski definition) is 1. The maximum Gasteiger partial charge on any atom is 0.239 e. The molecule has 0 radical (unpaired) electrons. The molecule has 1 N–H and O–H groups in total. The Morgan fingerprint density at radius 2 is 2.33 bits per heavy atom. The first-order valence-corrected chi connectivity index (χ1v) is 10.4. The minimum atomic E-state index is -0.405. The molecule has 2 unspecified atom stereocenters. The Morgan fingerprint density at radius 3 is 3.00 bits per heavy atom. The van der Waals surface area contributed by atoms with Gasteiger partial charge in [0.2, 0.25) is 11.8 Å². The molecule has 2 aliphatic rings. The van der Waals surface area contributed by atoms with Gasteiger partial charge in [-0.3, -0.25) is 14.5 Å². The van der Waals surface area contributed by atoms with Crippen LogP contribution in [0.25, 0.3) is 0 Å². The van der Waals surface area contributed by atoms with Crippen LogP contribution in [0.1, 0.15) is 18.5 Å². The van der Waals surface area contributed by atoms with Crippen LogP contribution >= 0.6 is 23.4 Å². The van der Waals surface area contributed by atoms with Crippen LogP contribution in [-0.2, 0) is 14.3 Å². The minimum absolute atomic E-state index is 0.0155. The van der Waals surface area contributed by atoms with E-state index in [0.717, 1.165) is 0 Å². The van der Waals surface area contributed by atoms with Crippen molar-refractivity contribution in [1.29, 1.82) is 0 Å². The number of nitrogens with zero attached hydrogens (tertiary/aromatic N) is 2. The maximum atomic E-state index is 14.5. The highest BCUT2D eigenvalue weighted by molar-refractivity contribution is 8.00. The Hall–Kier alpha value is -1.35. The van der Waals surface area contributed by atoms with Gasteiger partial charge in [-0.05, 0) is 19.1 Å². The number of morpholine rings is 1. The third-order valence-corrected chi connectivity index (χ3v) is 5.97. The van der Waals surface area contributed by atoms with E-state index >= 15 is 0 Å². The topological polar surface area (TPSA) is 61.9 Å². The lowest BCUT2D eigenvalue weighted by Gasteiger charge is -2.38. The summed E-state index contributed by atoms with van der Waals surface area (Å²) in [5.41, 5.74) is 0.376. The standard InChI is InChI=1S/C18H23ClFN3O3S/c1-12-8-22(5-6-26-12)15(18-13(19)3-2-4-14(18)20)7-21-16(24)9-23-11-27-10-17(23)25/h2-4,12,15H,5-11H2,1H3,(H,21,24). The number of benzene rings is 1. The van der Waals surface area contributed by atoms with Gasteiger partial charge in [0.1, 0.15) is 12.4 Å². The van der Waals surface area contributed by atoms with E-state index in [2.05, 4.69) is 10.2 Å². The number of rotatable bonds is 6. The van der Waals surface area contributed by atoms with Crippen molar-refractivity contribution in [2.75, 3.05) is 44.4 Å². The number of ether oxygens (including phenoxy) is 1. The van der Waals surface area contributed by atoms with Crippen molar-refractivity contribution < 1.29 is 18.7 Å². The van der Waals surface area contributed by atoms with E-state index < -0.39 is 11.9 Å². The summed E-state index contributed by atoms with van der Waals surface area (Å²) in [5.74, 6) is 0.241. The van der Waals surface area contributed by atoms with Crippen molar-refractivity contribution in [2.45, 2.75) is 19.1 Å². The summed E-state index contributed by atoms with van der Waals surface area (Å²) in [6.07, 6.45) is 0.0155. The molecule has 3 rings (SSSR count). The van der Waals surface area contributed by atoms with Crippen LogP contribution in [0.5, 0.6) is 0 Å². The molecule has 1 aromatic rings. The summed E-state index contributed by atoms with van der Waals surface area (Å²) in [7, 11) is 0. The molecule has 0 aromatic heterocycles. The predicted octanol–water partition coefficient (Wildman–Crippen LogP) is 1.89. The first kappa shape index (κ1) is 20.4. The largest absolute Gasteiger partial charge is 0.376 e. The molecule has 148 valence electrons. The van der Waals surface area contributed by atoms with E-state index in [9.17, 15) is 14.0 Å². The number of amides is 2. The fourth-order valence-electron chi connectivity index (χ4n) is 3.35. The summed E-state index contributed by atoms with van der Waals surface area (Å²) < 4.78 is 20.1. The zero-order valence-electron chi connectivity index (χ0n) is 15.1. The van der Waals surface area contributed by atoms with Gasteiger partial charge in [-0.1, -0.05) is 17.7 Å². The molecule has 0 bridgehead atoms. The molecule has 2 aliphatic heterocycles. The fourth-order valence-corrected chi connectivity index (χ4v) is 4.54. The summed E-state index contributed by atoms with van der Waals surface area (Å²) in [6.45, 7) is 3.96. The molecule has 2 amide bonds. The summed E-state index contributed by atoms with van der Waals surface area (Å²) in [4.78, 5) is 27.6. The molecule has 1 aromatic carbocycles. The number of hydrogen-bond acceptors (Lipinski definition) is 5.